The molecule has 4 atom stereocenters. The summed E-state index contributed by atoms with van der Waals surface area (Å²) in [6.07, 6.45) is 0.239. The van der Waals surface area contributed by atoms with E-state index < -0.39 is 58.0 Å². The summed E-state index contributed by atoms with van der Waals surface area (Å²) >= 11 is 0. The van der Waals surface area contributed by atoms with E-state index in [-0.39, 0.29) is 29.7 Å². The van der Waals surface area contributed by atoms with E-state index in [2.05, 4.69) is 5.32 Å². The van der Waals surface area contributed by atoms with Crippen molar-refractivity contribution in [2.45, 2.75) is 37.6 Å². The number of aliphatic hydroxyl groups excluding tert-OH is 2. The average molecular weight is 640 g/mol. The Bertz CT molecular complexity index is 1840. The number of aromatic hydroxyl groups is 1. The van der Waals surface area contributed by atoms with Crippen LogP contribution in [0.3, 0.4) is 0 Å². The molecule has 3 aliphatic carbocycles. The number of methoxy groups -OCH3 is 1. The second kappa shape index (κ2) is 12.0. The number of ether oxygens (including phenoxy) is 1. The summed E-state index contributed by atoms with van der Waals surface area (Å²) in [7, 11) is 4.83. The van der Waals surface area contributed by atoms with Crippen LogP contribution in [-0.2, 0) is 29.1 Å². The molecule has 3 aromatic carbocycles. The molecule has 47 heavy (non-hydrogen) atoms. The van der Waals surface area contributed by atoms with Crippen molar-refractivity contribution in [3.8, 4) is 22.6 Å². The molecule has 0 radical (unpaired) electrons. The lowest BCUT2D eigenvalue weighted by atomic mass is 9.58. The van der Waals surface area contributed by atoms with E-state index in [0.29, 0.717) is 18.7 Å². The highest BCUT2D eigenvalue weighted by Crippen LogP contribution is 2.53. The maximum atomic E-state index is 14.0. The van der Waals surface area contributed by atoms with Crippen molar-refractivity contribution in [3.05, 3.63) is 106 Å². The monoisotopic (exact) mass is 639 g/mol. The summed E-state index contributed by atoms with van der Waals surface area (Å²) in [5, 5.41) is 48.6. The van der Waals surface area contributed by atoms with Gasteiger partial charge in [0.05, 0.1) is 18.7 Å². The quantitative estimate of drug-likeness (QED) is 0.200. The zero-order valence-corrected chi connectivity index (χ0v) is 26.3. The van der Waals surface area contributed by atoms with E-state index >= 15 is 0 Å². The molecule has 0 spiro atoms. The van der Waals surface area contributed by atoms with Crippen LogP contribution < -0.4 is 15.8 Å². The molecule has 11 heteroatoms. The molecule has 1 amide bonds. The van der Waals surface area contributed by atoms with E-state index in [1.54, 1.807) is 27.3 Å². The number of allylic oxidation sites excluding steroid dienone is 1. The summed E-state index contributed by atoms with van der Waals surface area (Å²) < 4.78 is 5.21. The summed E-state index contributed by atoms with van der Waals surface area (Å²) in [6, 6.07) is 17.8. The minimum atomic E-state index is -2.67. The molecule has 0 fully saturated rings. The smallest absolute Gasteiger partial charge is 0.255 e. The number of rotatable bonds is 8. The molecule has 0 aliphatic heterocycles. The van der Waals surface area contributed by atoms with Gasteiger partial charge in [0, 0.05) is 24.6 Å². The number of phenolic OH excluding ortho intramolecular Hbond substituents is 1. The number of carbonyl (C=O) groups excluding carboxylic acids is 3. The van der Waals surface area contributed by atoms with Crippen molar-refractivity contribution >= 4 is 17.5 Å². The fourth-order valence-electron chi connectivity index (χ4n) is 7.42. The minimum Gasteiger partial charge on any atom is -0.510 e. The second-order valence-corrected chi connectivity index (χ2v) is 12.6. The Hall–Kier alpha value is -4.97. The van der Waals surface area contributed by atoms with E-state index in [1.807, 2.05) is 48.5 Å². The molecular weight excluding hydrogens is 602 g/mol. The van der Waals surface area contributed by atoms with E-state index in [1.165, 1.54) is 11.0 Å². The van der Waals surface area contributed by atoms with Gasteiger partial charge < -0.3 is 36.2 Å². The first kappa shape index (κ1) is 32.0. The summed E-state index contributed by atoms with van der Waals surface area (Å²) in [6.45, 7) is 1.31. The third-order valence-electron chi connectivity index (χ3n) is 9.69. The average Bonchev–Trinajstić information content (AvgIpc) is 3.03. The number of carbonyl (C=O) groups is 3. The number of likely N-dealkylation sites (N-methyl/N-ethyl adjacent to an activating group) is 1. The lowest BCUT2D eigenvalue weighted by Crippen LogP contribution is -2.63. The number of Topliss-reactive ketones (excluding diaryl/α,β-unsaturated/α-hetero) is 2. The van der Waals surface area contributed by atoms with Crippen molar-refractivity contribution in [3.63, 3.8) is 0 Å². The normalized spacial score (nSPS) is 23.8. The van der Waals surface area contributed by atoms with Crippen molar-refractivity contribution in [1.82, 2.24) is 10.2 Å². The molecule has 0 unspecified atom stereocenters. The van der Waals surface area contributed by atoms with Crippen LogP contribution >= 0.6 is 0 Å². The van der Waals surface area contributed by atoms with Crippen LogP contribution in [0, 0.1) is 11.8 Å². The number of nitrogens with one attached hydrogen (secondary N) is 1. The van der Waals surface area contributed by atoms with Gasteiger partial charge in [0.15, 0.2) is 11.4 Å². The molecule has 0 aromatic heterocycles. The van der Waals surface area contributed by atoms with Gasteiger partial charge in [0.2, 0.25) is 5.78 Å². The van der Waals surface area contributed by atoms with Crippen LogP contribution in [0.4, 0.5) is 0 Å². The number of primary amides is 1. The number of phenols is 1. The van der Waals surface area contributed by atoms with Crippen LogP contribution in [0.15, 0.2) is 83.3 Å². The number of nitrogens with two attached hydrogens (primary N) is 1. The Morgan fingerprint density at radius 2 is 1.60 bits per heavy atom. The molecule has 0 saturated heterocycles. The SMILES string of the molecule is COc1ccc(CNCc2ccc(-c3ccc(O)c4c3C[C@H]3C[C@H]5[C@H](N(C)C)C(O)=C(C(N)=O)C(=O)[C@@]5(O)C(O)=C3C4=O)cc2)cc1. The van der Waals surface area contributed by atoms with Crippen LogP contribution in [0.25, 0.3) is 11.1 Å². The Labute approximate surface area is 271 Å². The molecule has 7 N–H and O–H groups in total. The number of amides is 1. The van der Waals surface area contributed by atoms with Gasteiger partial charge in [-0.15, -0.1) is 0 Å². The molecule has 0 saturated carbocycles. The summed E-state index contributed by atoms with van der Waals surface area (Å²) in [4.78, 5) is 41.2. The Kier molecular flexibility index (Phi) is 8.17. The van der Waals surface area contributed by atoms with Gasteiger partial charge in [0.25, 0.3) is 5.91 Å². The zero-order chi connectivity index (χ0) is 33.8. The number of hydrogen-bond acceptors (Lipinski definition) is 10. The van der Waals surface area contributed by atoms with Crippen molar-refractivity contribution < 1.29 is 39.5 Å². The first-order valence-electron chi connectivity index (χ1n) is 15.3. The maximum Gasteiger partial charge on any atom is 0.255 e. The Morgan fingerprint density at radius 1 is 0.979 bits per heavy atom. The number of aliphatic hydroxyl groups is 3. The van der Waals surface area contributed by atoms with Gasteiger partial charge in [-0.3, -0.25) is 19.3 Å². The molecule has 244 valence electrons. The fourth-order valence-corrected chi connectivity index (χ4v) is 7.42. The molecular formula is C36H37N3O8. The lowest BCUT2D eigenvalue weighted by molar-refractivity contribution is -0.148. The molecule has 3 aliphatic rings. The third kappa shape index (κ3) is 5.16. The van der Waals surface area contributed by atoms with Gasteiger partial charge in [-0.1, -0.05) is 42.5 Å². The van der Waals surface area contributed by atoms with Crippen molar-refractivity contribution in [2.24, 2.45) is 17.6 Å². The summed E-state index contributed by atoms with van der Waals surface area (Å²) in [5.41, 5.74) is 6.00. The largest absolute Gasteiger partial charge is 0.510 e. The summed E-state index contributed by atoms with van der Waals surface area (Å²) in [5.74, 6) is -5.94. The first-order chi connectivity index (χ1) is 22.4. The van der Waals surface area contributed by atoms with E-state index in [4.69, 9.17) is 10.5 Å². The molecule has 3 aromatic rings. The van der Waals surface area contributed by atoms with E-state index in [0.717, 1.165) is 28.0 Å². The van der Waals surface area contributed by atoms with Crippen molar-refractivity contribution in [2.75, 3.05) is 21.2 Å². The predicted molar refractivity (Wildman–Crippen MR) is 173 cm³/mol. The van der Waals surface area contributed by atoms with Gasteiger partial charge in [-0.2, -0.15) is 0 Å². The Morgan fingerprint density at radius 3 is 2.17 bits per heavy atom. The topological polar surface area (TPSA) is 183 Å². The third-order valence-corrected chi connectivity index (χ3v) is 9.69. The van der Waals surface area contributed by atoms with Gasteiger partial charge >= 0.3 is 0 Å². The second-order valence-electron chi connectivity index (χ2n) is 12.6. The number of fused-ring (bicyclic) bond motifs is 3. The molecule has 6 rings (SSSR count). The molecule has 0 bridgehead atoms. The van der Waals surface area contributed by atoms with Gasteiger partial charge in [0.1, 0.15) is 28.6 Å². The highest BCUT2D eigenvalue weighted by atomic mass is 16.5. The molecule has 11 nitrogen and oxygen atoms in total. The standard InChI is InChI=1S/C36H37N3O8/c1-39(2)30-25-15-21-14-24-23(20-8-4-18(5-9-20)16-38-17-19-6-10-22(47-3)11-7-19)12-13-26(40)28(24)31(41)27(21)33(43)36(25,46)34(44)29(32(30)42)35(37)45/h4-13,21,25,30,38,40,42-43,46H,14-17H2,1-3H3,(H2,37,45)/t21-,25-,30-,36-/m0/s1. The highest BCUT2D eigenvalue weighted by molar-refractivity contribution is 6.24. The maximum absolute atomic E-state index is 14.0. The fraction of sp³-hybridized carbons (Fsp3) is 0.306. The number of benzene rings is 3. The van der Waals surface area contributed by atoms with Gasteiger partial charge in [-0.05, 0) is 78.9 Å². The zero-order valence-electron chi connectivity index (χ0n) is 26.3. The van der Waals surface area contributed by atoms with Gasteiger partial charge in [-0.25, -0.2) is 0 Å². The molecule has 0 heterocycles. The lowest BCUT2D eigenvalue weighted by Gasteiger charge is -2.50. The first-order valence-corrected chi connectivity index (χ1v) is 15.3. The van der Waals surface area contributed by atoms with E-state index in [9.17, 15) is 34.8 Å². The minimum absolute atomic E-state index is 0.0199. The van der Waals surface area contributed by atoms with Crippen LogP contribution in [0.1, 0.15) is 33.5 Å². The van der Waals surface area contributed by atoms with Crippen LogP contribution in [0.5, 0.6) is 11.5 Å². The van der Waals surface area contributed by atoms with Crippen molar-refractivity contribution in [1.29, 1.82) is 0 Å². The predicted octanol–water partition coefficient (Wildman–Crippen LogP) is 3.09. The number of nitrogens with zero attached hydrogens (tertiary/aromatic N) is 1. The van der Waals surface area contributed by atoms with Crippen LogP contribution in [-0.4, -0.2) is 75.6 Å². The highest BCUT2D eigenvalue weighted by Gasteiger charge is 2.63. The number of ketones is 2. The van der Waals surface area contributed by atoms with Crippen LogP contribution in [0.2, 0.25) is 0 Å². The number of hydrogen-bond donors (Lipinski definition) is 6. The Balaban J connectivity index is 1.31.